The summed E-state index contributed by atoms with van der Waals surface area (Å²) in [4.78, 5) is 19.9. The van der Waals surface area contributed by atoms with Gasteiger partial charge in [-0.3, -0.25) is 0 Å². The number of cyclic esters (lactones) is 1. The molecule has 4 nitrogen and oxygen atoms in total. The zero-order chi connectivity index (χ0) is 13.9. The minimum absolute atomic E-state index is 0.207. The lowest BCUT2D eigenvalue weighted by Gasteiger charge is -1.97. The Balaban J connectivity index is 1.97. The van der Waals surface area contributed by atoms with E-state index in [2.05, 4.69) is 9.98 Å². The van der Waals surface area contributed by atoms with Crippen molar-refractivity contribution in [1.29, 1.82) is 0 Å². The Labute approximate surface area is 120 Å². The number of carbonyl (C=O) groups is 1. The summed E-state index contributed by atoms with van der Waals surface area (Å²) in [6.45, 7) is 0. The number of aromatic nitrogens is 1. The quantitative estimate of drug-likeness (QED) is 0.484. The smallest absolute Gasteiger partial charge is 0.363 e. The Hall–Kier alpha value is -2.46. The van der Waals surface area contributed by atoms with Crippen molar-refractivity contribution >= 4 is 29.5 Å². The molecule has 1 aromatic carbocycles. The molecule has 0 amide bonds. The van der Waals surface area contributed by atoms with Crippen molar-refractivity contribution in [3.05, 3.63) is 70.6 Å². The Morgan fingerprint density at radius 3 is 2.65 bits per heavy atom. The molecule has 0 N–H and O–H groups in total. The summed E-state index contributed by atoms with van der Waals surface area (Å²) in [6.07, 6.45) is 3.14. The number of esters is 1. The van der Waals surface area contributed by atoms with E-state index in [1.165, 1.54) is 0 Å². The van der Waals surface area contributed by atoms with Crippen molar-refractivity contribution in [3.63, 3.8) is 0 Å². The van der Waals surface area contributed by atoms with Gasteiger partial charge in [-0.25, -0.2) is 14.8 Å². The number of carbonyl (C=O) groups excluding carboxylic acids is 1. The van der Waals surface area contributed by atoms with Gasteiger partial charge in [0.2, 0.25) is 5.90 Å². The van der Waals surface area contributed by atoms with Gasteiger partial charge in [0.05, 0.1) is 0 Å². The molecule has 2 heterocycles. The second-order valence-electron chi connectivity index (χ2n) is 4.09. The zero-order valence-corrected chi connectivity index (χ0v) is 11.0. The number of pyridine rings is 1. The molecule has 1 aromatic heterocycles. The maximum absolute atomic E-state index is 11.8. The van der Waals surface area contributed by atoms with E-state index in [1.54, 1.807) is 24.4 Å². The van der Waals surface area contributed by atoms with Crippen LogP contribution < -0.4 is 0 Å². The SMILES string of the molecule is O=C1OC(c2ccccc2)=N/C1=C/c1cccnc1Cl. The van der Waals surface area contributed by atoms with Gasteiger partial charge in [0.1, 0.15) is 5.15 Å². The first-order valence-corrected chi connectivity index (χ1v) is 6.30. The van der Waals surface area contributed by atoms with E-state index in [0.29, 0.717) is 16.6 Å². The zero-order valence-electron chi connectivity index (χ0n) is 10.3. The highest BCUT2D eigenvalue weighted by molar-refractivity contribution is 6.31. The van der Waals surface area contributed by atoms with Crippen LogP contribution in [-0.4, -0.2) is 16.9 Å². The summed E-state index contributed by atoms with van der Waals surface area (Å²) in [5, 5.41) is 0.316. The number of hydrogen-bond donors (Lipinski definition) is 0. The molecule has 5 heteroatoms. The predicted molar refractivity (Wildman–Crippen MR) is 76.3 cm³/mol. The topological polar surface area (TPSA) is 51.5 Å². The Bertz CT molecular complexity index is 724. The van der Waals surface area contributed by atoms with Crippen LogP contribution in [0.15, 0.2) is 59.4 Å². The number of ether oxygens (including phenoxy) is 1. The summed E-state index contributed by atoms with van der Waals surface area (Å²) in [5.74, 6) is -0.203. The summed E-state index contributed by atoms with van der Waals surface area (Å²) in [7, 11) is 0. The van der Waals surface area contributed by atoms with Gasteiger partial charge < -0.3 is 4.74 Å². The van der Waals surface area contributed by atoms with Gasteiger partial charge in [0.25, 0.3) is 0 Å². The van der Waals surface area contributed by atoms with Crippen molar-refractivity contribution in [2.24, 2.45) is 4.99 Å². The van der Waals surface area contributed by atoms with Gasteiger partial charge in [-0.05, 0) is 24.3 Å². The molecule has 0 aliphatic carbocycles. The Morgan fingerprint density at radius 1 is 1.10 bits per heavy atom. The predicted octanol–water partition coefficient (Wildman–Crippen LogP) is 3.08. The largest absolute Gasteiger partial charge is 0.402 e. The highest BCUT2D eigenvalue weighted by Gasteiger charge is 2.24. The summed E-state index contributed by atoms with van der Waals surface area (Å²) >= 11 is 5.95. The molecule has 1 aliphatic rings. The lowest BCUT2D eigenvalue weighted by molar-refractivity contribution is -0.129. The highest BCUT2D eigenvalue weighted by Crippen LogP contribution is 2.21. The molecule has 98 valence electrons. The van der Waals surface area contributed by atoms with E-state index in [0.717, 1.165) is 5.56 Å². The molecule has 0 unspecified atom stereocenters. The van der Waals surface area contributed by atoms with E-state index in [4.69, 9.17) is 16.3 Å². The molecular formula is C15H9ClN2O2. The summed E-state index contributed by atoms with van der Waals surface area (Å²) in [6, 6.07) is 12.7. The first kappa shape index (κ1) is 12.6. The number of aliphatic imine (C=N–C) groups is 1. The summed E-state index contributed by atoms with van der Waals surface area (Å²) in [5.41, 5.74) is 1.58. The van der Waals surface area contributed by atoms with Crippen LogP contribution in [-0.2, 0) is 9.53 Å². The number of hydrogen-bond acceptors (Lipinski definition) is 4. The average Bonchev–Trinajstić information content (AvgIpc) is 2.84. The van der Waals surface area contributed by atoms with Crippen LogP contribution >= 0.6 is 11.6 Å². The van der Waals surface area contributed by atoms with Crippen molar-refractivity contribution < 1.29 is 9.53 Å². The number of nitrogens with zero attached hydrogens (tertiary/aromatic N) is 2. The maximum Gasteiger partial charge on any atom is 0.363 e. The molecule has 0 spiro atoms. The molecule has 1 aliphatic heterocycles. The fourth-order valence-corrected chi connectivity index (χ4v) is 1.94. The van der Waals surface area contributed by atoms with Gasteiger partial charge in [-0.15, -0.1) is 0 Å². The molecule has 0 saturated carbocycles. The second kappa shape index (κ2) is 5.27. The van der Waals surface area contributed by atoms with E-state index < -0.39 is 5.97 Å². The monoisotopic (exact) mass is 284 g/mol. The molecule has 20 heavy (non-hydrogen) atoms. The van der Waals surface area contributed by atoms with Crippen LogP contribution in [0.1, 0.15) is 11.1 Å². The fourth-order valence-electron chi connectivity index (χ4n) is 1.77. The van der Waals surface area contributed by atoms with Crippen LogP contribution in [0.5, 0.6) is 0 Å². The first-order chi connectivity index (χ1) is 9.74. The number of benzene rings is 1. The van der Waals surface area contributed by atoms with Crippen LogP contribution in [0.2, 0.25) is 5.15 Å². The van der Waals surface area contributed by atoms with E-state index >= 15 is 0 Å². The van der Waals surface area contributed by atoms with Gasteiger partial charge in [-0.2, -0.15) is 0 Å². The van der Waals surface area contributed by atoms with Crippen molar-refractivity contribution in [2.75, 3.05) is 0 Å². The Kier molecular flexibility index (Phi) is 3.31. The molecule has 0 bridgehead atoms. The third-order valence-corrected chi connectivity index (χ3v) is 3.04. The van der Waals surface area contributed by atoms with Crippen molar-refractivity contribution in [1.82, 2.24) is 4.98 Å². The molecule has 2 aromatic rings. The van der Waals surface area contributed by atoms with Gasteiger partial charge in [0, 0.05) is 17.3 Å². The first-order valence-electron chi connectivity index (χ1n) is 5.92. The molecular weight excluding hydrogens is 276 g/mol. The van der Waals surface area contributed by atoms with Crippen LogP contribution in [0.4, 0.5) is 0 Å². The van der Waals surface area contributed by atoms with Crippen molar-refractivity contribution in [2.45, 2.75) is 0 Å². The average molecular weight is 285 g/mol. The standard InChI is InChI=1S/C15H9ClN2O2/c16-13-11(7-4-8-17-13)9-12-15(19)20-14(18-12)10-5-2-1-3-6-10/h1-9H/b12-9+. The van der Waals surface area contributed by atoms with Gasteiger partial charge >= 0.3 is 5.97 Å². The second-order valence-corrected chi connectivity index (χ2v) is 4.44. The van der Waals surface area contributed by atoms with Crippen LogP contribution in [0.3, 0.4) is 0 Å². The lowest BCUT2D eigenvalue weighted by Crippen LogP contribution is -2.04. The van der Waals surface area contributed by atoms with E-state index in [1.807, 2.05) is 30.3 Å². The number of halogens is 1. The van der Waals surface area contributed by atoms with Gasteiger partial charge in [0.15, 0.2) is 5.70 Å². The minimum Gasteiger partial charge on any atom is -0.402 e. The normalized spacial score (nSPS) is 16.1. The van der Waals surface area contributed by atoms with Crippen LogP contribution in [0.25, 0.3) is 6.08 Å². The molecule has 0 fully saturated rings. The van der Waals surface area contributed by atoms with E-state index in [-0.39, 0.29) is 5.70 Å². The molecule has 3 rings (SSSR count). The van der Waals surface area contributed by atoms with Crippen molar-refractivity contribution in [3.8, 4) is 0 Å². The summed E-state index contributed by atoms with van der Waals surface area (Å²) < 4.78 is 5.15. The number of rotatable bonds is 2. The maximum atomic E-state index is 11.8. The van der Waals surface area contributed by atoms with Crippen LogP contribution in [0, 0.1) is 0 Å². The highest BCUT2D eigenvalue weighted by atomic mass is 35.5. The Morgan fingerprint density at radius 2 is 1.90 bits per heavy atom. The molecule has 0 saturated heterocycles. The molecule has 0 radical (unpaired) electrons. The van der Waals surface area contributed by atoms with Gasteiger partial charge in [-0.1, -0.05) is 35.9 Å². The third-order valence-electron chi connectivity index (χ3n) is 2.72. The fraction of sp³-hybridized carbons (Fsp3) is 0. The third kappa shape index (κ3) is 2.46. The molecule has 0 atom stereocenters. The van der Waals surface area contributed by atoms with E-state index in [9.17, 15) is 4.79 Å². The lowest BCUT2D eigenvalue weighted by atomic mass is 10.2. The minimum atomic E-state index is -0.497.